The number of hydrogen-bond acceptors (Lipinski definition) is 7. The number of rotatable bonds is 5. The molecule has 0 saturated heterocycles. The second-order valence-electron chi connectivity index (χ2n) is 5.90. The van der Waals surface area contributed by atoms with E-state index in [-0.39, 0.29) is 12.4 Å². The van der Waals surface area contributed by atoms with Crippen molar-refractivity contribution < 1.29 is 4.74 Å². The smallest absolute Gasteiger partial charge is 0.210 e. The Bertz CT molecular complexity index is 1120. The zero-order chi connectivity index (χ0) is 19.5. The summed E-state index contributed by atoms with van der Waals surface area (Å²) in [5, 5.41) is 13.4. The fourth-order valence-electron chi connectivity index (χ4n) is 2.82. The van der Waals surface area contributed by atoms with E-state index in [4.69, 9.17) is 10.5 Å². The zero-order valence-corrected chi connectivity index (χ0v) is 18.5. The number of nitrogens with zero attached hydrogens (tertiary/aromatic N) is 3. The molecule has 0 atom stereocenters. The lowest BCUT2D eigenvalue weighted by Crippen LogP contribution is -1.94. The molecular formula is C20H17BrClN5OS. The van der Waals surface area contributed by atoms with Gasteiger partial charge in [-0.15, -0.1) is 22.6 Å². The monoisotopic (exact) mass is 489 g/mol. The molecule has 0 aliphatic heterocycles. The summed E-state index contributed by atoms with van der Waals surface area (Å²) in [7, 11) is 1.65. The van der Waals surface area contributed by atoms with E-state index in [1.54, 1.807) is 13.3 Å². The number of ether oxygens (including phenoxy) is 1. The summed E-state index contributed by atoms with van der Waals surface area (Å²) < 4.78 is 6.61. The van der Waals surface area contributed by atoms with Crippen LogP contribution in [0.1, 0.15) is 0 Å². The summed E-state index contributed by atoms with van der Waals surface area (Å²) >= 11 is 4.91. The fraction of sp³-hybridized carbons (Fsp3) is 0.0500. The Kier molecular flexibility index (Phi) is 6.68. The maximum Gasteiger partial charge on any atom is 0.210 e. The normalized spacial score (nSPS) is 10.3. The van der Waals surface area contributed by atoms with Crippen LogP contribution in [0, 0.1) is 0 Å². The number of nitrogens with one attached hydrogen (secondary N) is 1. The lowest BCUT2D eigenvalue weighted by atomic mass is 9.99. The minimum atomic E-state index is 0. The second-order valence-corrected chi connectivity index (χ2v) is 7.79. The average molecular weight is 491 g/mol. The van der Waals surface area contributed by atoms with Crippen LogP contribution in [-0.4, -0.2) is 22.3 Å². The topological polar surface area (TPSA) is 86.0 Å². The molecule has 0 radical (unpaired) electrons. The predicted octanol–water partition coefficient (Wildman–Crippen LogP) is 5.79. The summed E-state index contributed by atoms with van der Waals surface area (Å²) in [6.45, 7) is 0. The third-order valence-corrected chi connectivity index (χ3v) is 5.47. The number of anilines is 3. The molecule has 0 saturated carbocycles. The number of hydrogen-bond donors (Lipinski definition) is 2. The van der Waals surface area contributed by atoms with E-state index < -0.39 is 0 Å². The van der Waals surface area contributed by atoms with Crippen LogP contribution in [0.4, 0.5) is 16.6 Å². The largest absolute Gasteiger partial charge is 0.496 e. The summed E-state index contributed by atoms with van der Waals surface area (Å²) in [6.07, 6.45) is 1.68. The molecule has 6 nitrogen and oxygen atoms in total. The van der Waals surface area contributed by atoms with Crippen molar-refractivity contribution in [1.82, 2.24) is 15.2 Å². The molecule has 2 aromatic carbocycles. The molecule has 4 rings (SSSR count). The molecule has 0 aliphatic carbocycles. The molecule has 2 heterocycles. The van der Waals surface area contributed by atoms with Crippen molar-refractivity contribution in [3.8, 4) is 27.4 Å². The van der Waals surface area contributed by atoms with Crippen LogP contribution in [-0.2, 0) is 0 Å². The van der Waals surface area contributed by atoms with Gasteiger partial charge in [-0.3, -0.25) is 0 Å². The van der Waals surface area contributed by atoms with Gasteiger partial charge in [0.25, 0.3) is 0 Å². The Morgan fingerprint density at radius 3 is 2.59 bits per heavy atom. The molecule has 2 aromatic heterocycles. The van der Waals surface area contributed by atoms with E-state index in [2.05, 4.69) is 36.4 Å². The lowest BCUT2D eigenvalue weighted by Gasteiger charge is -2.12. The van der Waals surface area contributed by atoms with Crippen molar-refractivity contribution in [2.75, 3.05) is 18.2 Å². The van der Waals surface area contributed by atoms with Gasteiger partial charge in [0, 0.05) is 27.5 Å². The molecule has 0 spiro atoms. The molecule has 29 heavy (non-hydrogen) atoms. The predicted molar refractivity (Wildman–Crippen MR) is 124 cm³/mol. The van der Waals surface area contributed by atoms with Gasteiger partial charge in [-0.2, -0.15) is 0 Å². The van der Waals surface area contributed by atoms with Crippen LogP contribution in [0.3, 0.4) is 0 Å². The number of benzene rings is 2. The molecule has 0 unspecified atom stereocenters. The van der Waals surface area contributed by atoms with Gasteiger partial charge in [-0.05, 0) is 48.0 Å². The number of aromatic nitrogens is 3. The Morgan fingerprint density at radius 2 is 1.86 bits per heavy atom. The van der Waals surface area contributed by atoms with Gasteiger partial charge in [0.05, 0.1) is 7.11 Å². The Hall–Kier alpha value is -2.68. The lowest BCUT2D eigenvalue weighted by molar-refractivity contribution is 0.416. The second kappa shape index (κ2) is 9.21. The minimum Gasteiger partial charge on any atom is -0.496 e. The molecular weight excluding hydrogens is 474 g/mol. The molecule has 0 aliphatic rings. The minimum absolute atomic E-state index is 0. The van der Waals surface area contributed by atoms with Gasteiger partial charge < -0.3 is 15.8 Å². The van der Waals surface area contributed by atoms with Crippen LogP contribution < -0.4 is 15.8 Å². The number of methoxy groups -OCH3 is 1. The first-order valence-electron chi connectivity index (χ1n) is 8.39. The number of pyridine rings is 1. The third kappa shape index (κ3) is 4.67. The zero-order valence-electron chi connectivity index (χ0n) is 15.3. The van der Waals surface area contributed by atoms with E-state index in [1.807, 2.05) is 54.6 Å². The highest BCUT2D eigenvalue weighted by atomic mass is 79.9. The highest BCUT2D eigenvalue weighted by Crippen LogP contribution is 2.41. The van der Waals surface area contributed by atoms with Gasteiger partial charge in [0.15, 0.2) is 0 Å². The van der Waals surface area contributed by atoms with Gasteiger partial charge in [0.2, 0.25) is 5.13 Å². The summed E-state index contributed by atoms with van der Waals surface area (Å²) in [5.74, 6) is 1.19. The number of nitrogens with two attached hydrogens (primary N) is 1. The molecule has 9 heteroatoms. The van der Waals surface area contributed by atoms with Crippen molar-refractivity contribution in [2.24, 2.45) is 0 Å². The summed E-state index contributed by atoms with van der Waals surface area (Å²) in [4.78, 5) is 4.08. The standard InChI is InChI=1S/C20H16BrN5OS.ClH/c1-27-16-4-2-3-15(18(16)12-9-10-23-17(22)11-12)19-25-26-20(28-19)24-14-7-5-13(21)6-8-14;/h2-11H,1H3,(H2,22,23)(H,24,26);1H. The summed E-state index contributed by atoms with van der Waals surface area (Å²) in [5.41, 5.74) is 9.57. The number of halogens is 2. The highest BCUT2D eigenvalue weighted by Gasteiger charge is 2.17. The first-order chi connectivity index (χ1) is 13.6. The Labute approximate surface area is 186 Å². The van der Waals surface area contributed by atoms with Gasteiger partial charge >= 0.3 is 0 Å². The van der Waals surface area contributed by atoms with Crippen molar-refractivity contribution in [1.29, 1.82) is 0 Å². The molecule has 0 bridgehead atoms. The number of nitrogen functional groups attached to an aromatic ring is 1. The van der Waals surface area contributed by atoms with E-state index >= 15 is 0 Å². The summed E-state index contributed by atoms with van der Waals surface area (Å²) in [6, 6.07) is 17.5. The molecule has 3 N–H and O–H groups in total. The van der Waals surface area contributed by atoms with E-state index in [0.29, 0.717) is 10.9 Å². The van der Waals surface area contributed by atoms with Gasteiger partial charge in [0.1, 0.15) is 16.6 Å². The van der Waals surface area contributed by atoms with Crippen LogP contribution in [0.5, 0.6) is 5.75 Å². The van der Waals surface area contributed by atoms with Crippen LogP contribution in [0.15, 0.2) is 65.3 Å². The molecule has 4 aromatic rings. The van der Waals surface area contributed by atoms with E-state index in [1.165, 1.54) is 11.3 Å². The van der Waals surface area contributed by atoms with Crippen molar-refractivity contribution in [2.45, 2.75) is 0 Å². The quantitative estimate of drug-likeness (QED) is 0.368. The average Bonchev–Trinajstić information content (AvgIpc) is 3.17. The Balaban J connectivity index is 0.00000240. The van der Waals surface area contributed by atoms with Crippen molar-refractivity contribution in [3.63, 3.8) is 0 Å². The van der Waals surface area contributed by atoms with Crippen LogP contribution >= 0.6 is 39.7 Å². The van der Waals surface area contributed by atoms with E-state index in [9.17, 15) is 0 Å². The molecule has 148 valence electrons. The SMILES string of the molecule is COc1cccc(-c2nnc(Nc3ccc(Br)cc3)s2)c1-c1ccnc(N)c1.Cl. The Morgan fingerprint density at radius 1 is 1.07 bits per heavy atom. The maximum atomic E-state index is 5.89. The van der Waals surface area contributed by atoms with Crippen LogP contribution in [0.25, 0.3) is 21.7 Å². The van der Waals surface area contributed by atoms with Crippen molar-refractivity contribution in [3.05, 3.63) is 65.3 Å². The molecule has 0 amide bonds. The van der Waals surface area contributed by atoms with Gasteiger partial charge in [-0.1, -0.05) is 39.4 Å². The molecule has 0 fully saturated rings. The van der Waals surface area contributed by atoms with Crippen LogP contribution in [0.2, 0.25) is 0 Å². The van der Waals surface area contributed by atoms with E-state index in [0.717, 1.165) is 37.6 Å². The highest BCUT2D eigenvalue weighted by molar-refractivity contribution is 9.10. The van der Waals surface area contributed by atoms with Crippen molar-refractivity contribution >= 4 is 56.3 Å². The third-order valence-electron chi connectivity index (χ3n) is 4.07. The first-order valence-corrected chi connectivity index (χ1v) is 10.0. The first kappa shape index (κ1) is 21.0. The van der Waals surface area contributed by atoms with Gasteiger partial charge in [-0.25, -0.2) is 4.98 Å². The maximum absolute atomic E-state index is 5.89. The fourth-order valence-corrected chi connectivity index (χ4v) is 3.88.